The van der Waals surface area contributed by atoms with Crippen molar-refractivity contribution in [1.82, 2.24) is 10.3 Å². The number of alkyl halides is 3. The summed E-state index contributed by atoms with van der Waals surface area (Å²) in [7, 11) is 0. The summed E-state index contributed by atoms with van der Waals surface area (Å²) in [6.45, 7) is 5.59. The maximum Gasteiger partial charge on any atom is 0.433 e. The lowest BCUT2D eigenvalue weighted by molar-refractivity contribution is -0.141. The van der Waals surface area contributed by atoms with E-state index in [4.69, 9.17) is 5.26 Å². The number of nitrogens with zero attached hydrogens (tertiary/aromatic N) is 3. The van der Waals surface area contributed by atoms with Crippen LogP contribution in [0.5, 0.6) is 0 Å². The SMILES string of the molecule is CC1(C)CNCCN1c1nc(C(F)(F)F)ccc1C#N. The summed E-state index contributed by atoms with van der Waals surface area (Å²) in [5.74, 6) is 0.105. The van der Waals surface area contributed by atoms with Gasteiger partial charge in [0.1, 0.15) is 17.6 Å². The topological polar surface area (TPSA) is 52.0 Å². The highest BCUT2D eigenvalue weighted by atomic mass is 19.4. The van der Waals surface area contributed by atoms with E-state index in [1.165, 1.54) is 6.07 Å². The molecule has 4 nitrogen and oxygen atoms in total. The number of hydrogen-bond donors (Lipinski definition) is 1. The number of aromatic nitrogens is 1. The van der Waals surface area contributed by atoms with Crippen LogP contribution in [0.3, 0.4) is 0 Å². The molecule has 1 fully saturated rings. The van der Waals surface area contributed by atoms with Gasteiger partial charge in [0.15, 0.2) is 0 Å². The molecule has 0 atom stereocenters. The van der Waals surface area contributed by atoms with Gasteiger partial charge in [0.25, 0.3) is 0 Å². The Morgan fingerprint density at radius 1 is 1.40 bits per heavy atom. The molecule has 1 aliphatic rings. The summed E-state index contributed by atoms with van der Waals surface area (Å²) < 4.78 is 38.4. The molecule has 0 amide bonds. The zero-order valence-electron chi connectivity index (χ0n) is 11.3. The Bertz CT molecular complexity index is 546. The average molecular weight is 284 g/mol. The summed E-state index contributed by atoms with van der Waals surface area (Å²) in [5, 5.41) is 12.3. The van der Waals surface area contributed by atoms with Crippen molar-refractivity contribution in [2.75, 3.05) is 24.5 Å². The minimum atomic E-state index is -4.51. The number of nitrogens with one attached hydrogen (secondary N) is 1. The quantitative estimate of drug-likeness (QED) is 0.858. The largest absolute Gasteiger partial charge is 0.433 e. The second-order valence-electron chi connectivity index (χ2n) is 5.32. The number of anilines is 1. The van der Waals surface area contributed by atoms with Gasteiger partial charge in [0.05, 0.1) is 5.56 Å². The summed E-state index contributed by atoms with van der Waals surface area (Å²) in [5.41, 5.74) is -1.21. The molecule has 0 unspecified atom stereocenters. The van der Waals surface area contributed by atoms with Gasteiger partial charge in [0.2, 0.25) is 0 Å². The van der Waals surface area contributed by atoms with E-state index in [1.807, 2.05) is 19.9 Å². The first-order valence-corrected chi connectivity index (χ1v) is 6.22. The summed E-state index contributed by atoms with van der Waals surface area (Å²) in [4.78, 5) is 5.45. The minimum absolute atomic E-state index is 0.105. The van der Waals surface area contributed by atoms with Gasteiger partial charge in [-0.3, -0.25) is 0 Å². The van der Waals surface area contributed by atoms with Gasteiger partial charge in [-0.1, -0.05) is 0 Å². The molecule has 1 N–H and O–H groups in total. The zero-order chi connectivity index (χ0) is 15.0. The Kier molecular flexibility index (Phi) is 3.61. The van der Waals surface area contributed by atoms with Crippen LogP contribution in [-0.2, 0) is 6.18 Å². The van der Waals surface area contributed by atoms with E-state index in [0.717, 1.165) is 6.07 Å². The molecular weight excluding hydrogens is 269 g/mol. The van der Waals surface area contributed by atoms with Crippen molar-refractivity contribution in [3.05, 3.63) is 23.4 Å². The van der Waals surface area contributed by atoms with Crippen molar-refractivity contribution >= 4 is 5.82 Å². The number of hydrogen-bond acceptors (Lipinski definition) is 4. The van der Waals surface area contributed by atoms with Crippen LogP contribution in [0.15, 0.2) is 12.1 Å². The zero-order valence-corrected chi connectivity index (χ0v) is 11.3. The van der Waals surface area contributed by atoms with Gasteiger partial charge in [-0.25, -0.2) is 4.98 Å². The van der Waals surface area contributed by atoms with Crippen LogP contribution in [0, 0.1) is 11.3 Å². The molecule has 1 aliphatic heterocycles. The average Bonchev–Trinajstić information content (AvgIpc) is 2.36. The van der Waals surface area contributed by atoms with Crippen molar-refractivity contribution in [2.24, 2.45) is 0 Å². The monoisotopic (exact) mass is 284 g/mol. The highest BCUT2D eigenvalue weighted by Crippen LogP contribution is 2.32. The minimum Gasteiger partial charge on any atom is -0.348 e. The Morgan fingerprint density at radius 2 is 2.10 bits per heavy atom. The first-order chi connectivity index (χ1) is 9.25. The van der Waals surface area contributed by atoms with Crippen LogP contribution in [0.2, 0.25) is 0 Å². The van der Waals surface area contributed by atoms with E-state index in [1.54, 1.807) is 4.90 Å². The summed E-state index contributed by atoms with van der Waals surface area (Å²) in [6.07, 6.45) is -4.51. The predicted octanol–water partition coefficient (Wildman–Crippen LogP) is 2.16. The van der Waals surface area contributed by atoms with E-state index in [0.29, 0.717) is 19.6 Å². The van der Waals surface area contributed by atoms with Crippen LogP contribution < -0.4 is 10.2 Å². The van der Waals surface area contributed by atoms with Crippen molar-refractivity contribution < 1.29 is 13.2 Å². The lowest BCUT2D eigenvalue weighted by Gasteiger charge is -2.44. The maximum absolute atomic E-state index is 12.8. The Hall–Kier alpha value is -1.81. The maximum atomic E-state index is 12.8. The lowest BCUT2D eigenvalue weighted by Crippen LogP contribution is -2.58. The number of piperazine rings is 1. The first-order valence-electron chi connectivity index (χ1n) is 6.22. The molecule has 0 bridgehead atoms. The molecule has 108 valence electrons. The third kappa shape index (κ3) is 2.70. The van der Waals surface area contributed by atoms with Crippen molar-refractivity contribution in [3.63, 3.8) is 0 Å². The van der Waals surface area contributed by atoms with Gasteiger partial charge in [-0.15, -0.1) is 0 Å². The van der Waals surface area contributed by atoms with Gasteiger partial charge in [0, 0.05) is 25.2 Å². The molecule has 0 aliphatic carbocycles. The van der Waals surface area contributed by atoms with Gasteiger partial charge < -0.3 is 10.2 Å². The Balaban J connectivity index is 2.51. The van der Waals surface area contributed by atoms with Gasteiger partial charge in [-0.2, -0.15) is 18.4 Å². The molecule has 1 aromatic heterocycles. The van der Waals surface area contributed by atoms with Gasteiger partial charge >= 0.3 is 6.18 Å². The third-order valence-electron chi connectivity index (χ3n) is 3.34. The lowest BCUT2D eigenvalue weighted by atomic mass is 9.99. The van der Waals surface area contributed by atoms with Crippen molar-refractivity contribution in [1.29, 1.82) is 5.26 Å². The number of pyridine rings is 1. The van der Waals surface area contributed by atoms with Crippen LogP contribution in [0.25, 0.3) is 0 Å². The molecule has 7 heteroatoms. The van der Waals surface area contributed by atoms with Gasteiger partial charge in [-0.05, 0) is 26.0 Å². The summed E-state index contributed by atoms with van der Waals surface area (Å²) >= 11 is 0. The molecule has 1 saturated heterocycles. The molecule has 20 heavy (non-hydrogen) atoms. The third-order valence-corrected chi connectivity index (χ3v) is 3.34. The Morgan fingerprint density at radius 3 is 2.65 bits per heavy atom. The molecular formula is C13H15F3N4. The molecule has 0 saturated carbocycles. The highest BCUT2D eigenvalue weighted by molar-refractivity contribution is 5.56. The fourth-order valence-electron chi connectivity index (χ4n) is 2.28. The highest BCUT2D eigenvalue weighted by Gasteiger charge is 2.36. The normalized spacial score (nSPS) is 18.7. The second-order valence-corrected chi connectivity index (χ2v) is 5.32. The van der Waals surface area contributed by atoms with E-state index < -0.39 is 17.4 Å². The standard InChI is InChI=1S/C13H15F3N4/c1-12(2)8-18-5-6-20(12)11-9(7-17)3-4-10(19-11)13(14,15)16/h3-4,18H,5-6,8H2,1-2H3. The smallest absolute Gasteiger partial charge is 0.348 e. The number of rotatable bonds is 1. The molecule has 0 aromatic carbocycles. The number of nitriles is 1. The fraction of sp³-hybridized carbons (Fsp3) is 0.538. The molecule has 0 spiro atoms. The molecule has 2 heterocycles. The number of halogens is 3. The second kappa shape index (κ2) is 4.94. The van der Waals surface area contributed by atoms with E-state index in [-0.39, 0.29) is 11.4 Å². The predicted molar refractivity (Wildman–Crippen MR) is 68.2 cm³/mol. The van der Waals surface area contributed by atoms with Crippen LogP contribution in [-0.4, -0.2) is 30.2 Å². The molecule has 0 radical (unpaired) electrons. The van der Waals surface area contributed by atoms with E-state index in [2.05, 4.69) is 10.3 Å². The molecule has 2 rings (SSSR count). The van der Waals surface area contributed by atoms with E-state index in [9.17, 15) is 13.2 Å². The van der Waals surface area contributed by atoms with Crippen LogP contribution in [0.4, 0.5) is 19.0 Å². The first kappa shape index (κ1) is 14.6. The van der Waals surface area contributed by atoms with Crippen LogP contribution in [0.1, 0.15) is 25.1 Å². The van der Waals surface area contributed by atoms with Crippen molar-refractivity contribution in [2.45, 2.75) is 25.6 Å². The van der Waals surface area contributed by atoms with E-state index >= 15 is 0 Å². The summed E-state index contributed by atoms with van der Waals surface area (Å²) in [6, 6.07) is 3.95. The van der Waals surface area contributed by atoms with Crippen molar-refractivity contribution in [3.8, 4) is 6.07 Å². The Labute approximate surface area is 115 Å². The molecule has 1 aromatic rings. The fourth-order valence-corrected chi connectivity index (χ4v) is 2.28. The van der Waals surface area contributed by atoms with Crippen LogP contribution >= 0.6 is 0 Å².